The largest absolute Gasteiger partial charge is 0.392 e. The van der Waals surface area contributed by atoms with Crippen LogP contribution < -0.4 is 5.32 Å². The topological polar surface area (TPSA) is 35.9 Å². The number of rotatable bonds is 4. The van der Waals surface area contributed by atoms with E-state index in [2.05, 4.69) is 11.4 Å². The maximum absolute atomic E-state index is 7.15. The van der Waals surface area contributed by atoms with Crippen molar-refractivity contribution < 1.29 is 0 Å². The first-order valence-corrected chi connectivity index (χ1v) is 3.55. The maximum atomic E-state index is 7.15. The van der Waals surface area contributed by atoms with Gasteiger partial charge in [-0.1, -0.05) is 6.08 Å². The number of allylic oxidation sites excluding steroid dienone is 2. The van der Waals surface area contributed by atoms with Crippen LogP contribution in [0.1, 0.15) is 26.7 Å². The Morgan fingerprint density at radius 2 is 2.10 bits per heavy atom. The van der Waals surface area contributed by atoms with Gasteiger partial charge in [0.05, 0.1) is 0 Å². The second-order valence-corrected chi connectivity index (χ2v) is 2.46. The molecule has 2 N–H and O–H groups in total. The van der Waals surface area contributed by atoms with E-state index in [1.54, 1.807) is 0 Å². The van der Waals surface area contributed by atoms with Crippen LogP contribution in [0.2, 0.25) is 0 Å². The molecule has 0 unspecified atom stereocenters. The van der Waals surface area contributed by atoms with Gasteiger partial charge in [-0.25, -0.2) is 0 Å². The lowest BCUT2D eigenvalue weighted by Crippen LogP contribution is -2.01. The highest BCUT2D eigenvalue weighted by atomic mass is 14.8. The molecule has 58 valence electrons. The highest BCUT2D eigenvalue weighted by molar-refractivity contribution is 5.78. The molecule has 0 heterocycles. The molecule has 2 heteroatoms. The van der Waals surface area contributed by atoms with Crippen LogP contribution in [0.15, 0.2) is 11.8 Å². The molecule has 0 rings (SSSR count). The molecule has 0 aromatic carbocycles. The maximum Gasteiger partial charge on any atom is 0.00613 e. The van der Waals surface area contributed by atoms with Crippen LogP contribution in [0.4, 0.5) is 0 Å². The summed E-state index contributed by atoms with van der Waals surface area (Å²) in [4.78, 5) is 0. The van der Waals surface area contributed by atoms with Gasteiger partial charge in [0, 0.05) is 18.5 Å². The molecular formula is C8H16N2. The highest BCUT2D eigenvalue weighted by Crippen LogP contribution is 1.95. The Bertz CT molecular complexity index is 136. The summed E-state index contributed by atoms with van der Waals surface area (Å²) < 4.78 is 0. The highest BCUT2D eigenvalue weighted by Gasteiger charge is 1.86. The van der Waals surface area contributed by atoms with Gasteiger partial charge in [0.2, 0.25) is 0 Å². The van der Waals surface area contributed by atoms with Gasteiger partial charge in [0.1, 0.15) is 0 Å². The van der Waals surface area contributed by atoms with Gasteiger partial charge >= 0.3 is 0 Å². The Balaban J connectivity index is 3.43. The molecule has 0 aromatic rings. The van der Waals surface area contributed by atoms with Crippen molar-refractivity contribution in [2.45, 2.75) is 26.7 Å². The monoisotopic (exact) mass is 140 g/mol. The molecule has 0 amide bonds. The Hall–Kier alpha value is -0.790. The van der Waals surface area contributed by atoms with Crippen molar-refractivity contribution in [2.75, 3.05) is 7.05 Å². The first-order valence-electron chi connectivity index (χ1n) is 3.55. The predicted molar refractivity (Wildman–Crippen MR) is 45.5 cm³/mol. The van der Waals surface area contributed by atoms with Crippen molar-refractivity contribution in [3.63, 3.8) is 0 Å². The Labute approximate surface area is 62.8 Å². The Kier molecular flexibility index (Phi) is 4.63. The van der Waals surface area contributed by atoms with Crippen molar-refractivity contribution in [2.24, 2.45) is 0 Å². The van der Waals surface area contributed by atoms with Gasteiger partial charge in [0.15, 0.2) is 0 Å². The summed E-state index contributed by atoms with van der Waals surface area (Å²) in [6.45, 7) is 3.86. The van der Waals surface area contributed by atoms with Crippen LogP contribution >= 0.6 is 0 Å². The molecule has 0 radical (unpaired) electrons. The average molecular weight is 140 g/mol. The third kappa shape index (κ3) is 5.35. The lowest BCUT2D eigenvalue weighted by molar-refractivity contribution is 0.950. The van der Waals surface area contributed by atoms with E-state index in [4.69, 9.17) is 5.41 Å². The van der Waals surface area contributed by atoms with Crippen molar-refractivity contribution >= 4 is 5.71 Å². The molecule has 0 aliphatic rings. The van der Waals surface area contributed by atoms with E-state index in [-0.39, 0.29) is 0 Å². The van der Waals surface area contributed by atoms with E-state index in [1.807, 2.05) is 20.9 Å². The number of hydrogen-bond donors (Lipinski definition) is 2. The molecule has 0 saturated heterocycles. The lowest BCUT2D eigenvalue weighted by atomic mass is 10.2. The molecule has 0 aliphatic carbocycles. The van der Waals surface area contributed by atoms with E-state index in [1.165, 1.54) is 5.70 Å². The molecule has 0 fully saturated rings. The first kappa shape index (κ1) is 9.21. The van der Waals surface area contributed by atoms with Crippen LogP contribution in [0.25, 0.3) is 0 Å². The molecule has 0 spiro atoms. The van der Waals surface area contributed by atoms with E-state index >= 15 is 0 Å². The molecule has 2 nitrogen and oxygen atoms in total. The average Bonchev–Trinajstić information content (AvgIpc) is 1.87. The predicted octanol–water partition coefficient (Wildman–Crippen LogP) is 1.93. The van der Waals surface area contributed by atoms with E-state index in [9.17, 15) is 0 Å². The van der Waals surface area contributed by atoms with Crippen LogP contribution in [0.3, 0.4) is 0 Å². The van der Waals surface area contributed by atoms with E-state index in [0.29, 0.717) is 0 Å². The molecule has 0 aromatic heterocycles. The SMILES string of the molecule is CN/C(C)=C\CCC(C)=N. The van der Waals surface area contributed by atoms with Gasteiger partial charge in [0.25, 0.3) is 0 Å². The van der Waals surface area contributed by atoms with Crippen molar-refractivity contribution in [1.82, 2.24) is 5.32 Å². The van der Waals surface area contributed by atoms with Crippen LogP contribution in [0.5, 0.6) is 0 Å². The lowest BCUT2D eigenvalue weighted by Gasteiger charge is -1.97. The first-order chi connectivity index (χ1) is 4.66. The third-order valence-electron chi connectivity index (χ3n) is 1.36. The van der Waals surface area contributed by atoms with Crippen molar-refractivity contribution in [3.05, 3.63) is 11.8 Å². The molecule has 0 saturated carbocycles. The Morgan fingerprint density at radius 3 is 2.50 bits per heavy atom. The fourth-order valence-electron chi connectivity index (χ4n) is 0.607. The van der Waals surface area contributed by atoms with Gasteiger partial charge < -0.3 is 10.7 Å². The molecular weight excluding hydrogens is 124 g/mol. The molecule has 0 aliphatic heterocycles. The minimum Gasteiger partial charge on any atom is -0.392 e. The fourth-order valence-corrected chi connectivity index (χ4v) is 0.607. The third-order valence-corrected chi connectivity index (χ3v) is 1.36. The van der Waals surface area contributed by atoms with Crippen molar-refractivity contribution in [1.29, 1.82) is 5.41 Å². The van der Waals surface area contributed by atoms with E-state index in [0.717, 1.165) is 18.6 Å². The summed E-state index contributed by atoms with van der Waals surface area (Å²) in [5, 5.41) is 10.2. The van der Waals surface area contributed by atoms with E-state index < -0.39 is 0 Å². The van der Waals surface area contributed by atoms with Crippen LogP contribution in [0, 0.1) is 5.41 Å². The summed E-state index contributed by atoms with van der Waals surface area (Å²) in [6.07, 6.45) is 3.96. The molecule has 0 atom stereocenters. The minimum atomic E-state index is 0.750. The zero-order chi connectivity index (χ0) is 7.98. The zero-order valence-corrected chi connectivity index (χ0v) is 6.99. The van der Waals surface area contributed by atoms with Crippen molar-refractivity contribution in [3.8, 4) is 0 Å². The standard InChI is InChI=1S/C8H16N2/c1-7(9)5-4-6-8(2)10-3/h6,9-10H,4-5H2,1-3H3/b8-6-,9-7?. The summed E-state index contributed by atoms with van der Waals surface area (Å²) in [7, 11) is 1.91. The molecule has 0 bridgehead atoms. The summed E-state index contributed by atoms with van der Waals surface area (Å²) in [5.41, 5.74) is 1.93. The molecule has 10 heavy (non-hydrogen) atoms. The van der Waals surface area contributed by atoms with Gasteiger partial charge in [-0.05, 0) is 26.7 Å². The smallest absolute Gasteiger partial charge is 0.00613 e. The number of nitrogens with one attached hydrogen (secondary N) is 2. The summed E-state index contributed by atoms with van der Waals surface area (Å²) >= 11 is 0. The minimum absolute atomic E-state index is 0.750. The Morgan fingerprint density at radius 1 is 1.50 bits per heavy atom. The summed E-state index contributed by atoms with van der Waals surface area (Å²) in [6, 6.07) is 0. The summed E-state index contributed by atoms with van der Waals surface area (Å²) in [5.74, 6) is 0. The fraction of sp³-hybridized carbons (Fsp3) is 0.625. The van der Waals surface area contributed by atoms with Gasteiger partial charge in [-0.2, -0.15) is 0 Å². The van der Waals surface area contributed by atoms with Crippen LogP contribution in [-0.2, 0) is 0 Å². The quantitative estimate of drug-likeness (QED) is 0.575. The van der Waals surface area contributed by atoms with Crippen LogP contribution in [-0.4, -0.2) is 12.8 Å². The second kappa shape index (κ2) is 5.03. The number of hydrogen-bond acceptors (Lipinski definition) is 2. The van der Waals surface area contributed by atoms with Gasteiger partial charge in [-0.3, -0.25) is 0 Å². The van der Waals surface area contributed by atoms with Gasteiger partial charge in [-0.15, -0.1) is 0 Å². The normalized spacial score (nSPS) is 11.3. The zero-order valence-electron chi connectivity index (χ0n) is 6.99. The second-order valence-electron chi connectivity index (χ2n) is 2.46.